The number of nitro benzene ring substituents is 1. The molecule has 0 aliphatic carbocycles. The van der Waals surface area contributed by atoms with E-state index < -0.39 is 10.3 Å². The Bertz CT molecular complexity index is 752. The number of rotatable bonds is 4. The van der Waals surface area contributed by atoms with Gasteiger partial charge in [-0.05, 0) is 44.5 Å². The number of nitro groups is 1. The number of anilines is 2. The number of carbonyl (C=O) groups excluding carboxylic acids is 1. The fourth-order valence-corrected chi connectivity index (χ4v) is 2.20. The van der Waals surface area contributed by atoms with E-state index in [9.17, 15) is 14.9 Å². The molecule has 0 radical (unpaired) electrons. The largest absolute Gasteiger partial charge is 0.399 e. The topological polar surface area (TPSA) is 98.3 Å². The summed E-state index contributed by atoms with van der Waals surface area (Å²) >= 11 is 0. The zero-order chi connectivity index (χ0) is 17.2. The van der Waals surface area contributed by atoms with Gasteiger partial charge in [0.15, 0.2) is 0 Å². The summed E-state index contributed by atoms with van der Waals surface area (Å²) in [7, 11) is 0. The number of nitrogen functional groups attached to an aromatic ring is 1. The van der Waals surface area contributed by atoms with Crippen LogP contribution in [0.15, 0.2) is 42.5 Å². The number of nitrogens with zero attached hydrogens (tertiary/aromatic N) is 1. The highest BCUT2D eigenvalue weighted by Gasteiger charge is 2.30. The summed E-state index contributed by atoms with van der Waals surface area (Å²) in [4.78, 5) is 23.1. The minimum absolute atomic E-state index is 0.0203. The lowest BCUT2D eigenvalue weighted by Crippen LogP contribution is -2.34. The van der Waals surface area contributed by atoms with Crippen LogP contribution >= 0.6 is 0 Å². The Kier molecular flexibility index (Phi) is 4.36. The SMILES string of the molecule is Cc1ccc(NC(=O)C(C)(C)c2ccc(N)cc2)cc1[N+](=O)[O-]. The van der Waals surface area contributed by atoms with Crippen LogP contribution in [-0.2, 0) is 10.2 Å². The van der Waals surface area contributed by atoms with Crippen LogP contribution < -0.4 is 11.1 Å². The summed E-state index contributed by atoms with van der Waals surface area (Å²) in [5.41, 5.74) is 7.23. The highest BCUT2D eigenvalue weighted by Crippen LogP contribution is 2.28. The average molecular weight is 313 g/mol. The van der Waals surface area contributed by atoms with Crippen LogP contribution in [0.3, 0.4) is 0 Å². The summed E-state index contributed by atoms with van der Waals surface area (Å²) in [5.74, 6) is -0.250. The van der Waals surface area contributed by atoms with Gasteiger partial charge >= 0.3 is 0 Å². The van der Waals surface area contributed by atoms with Crippen molar-refractivity contribution in [2.75, 3.05) is 11.1 Å². The van der Waals surface area contributed by atoms with Gasteiger partial charge in [-0.2, -0.15) is 0 Å². The van der Waals surface area contributed by atoms with Crippen molar-refractivity contribution in [2.24, 2.45) is 0 Å². The molecule has 3 N–H and O–H groups in total. The van der Waals surface area contributed by atoms with E-state index in [1.165, 1.54) is 6.07 Å². The number of hydrogen-bond acceptors (Lipinski definition) is 4. The van der Waals surface area contributed by atoms with Gasteiger partial charge in [-0.3, -0.25) is 14.9 Å². The van der Waals surface area contributed by atoms with Gasteiger partial charge in [-0.15, -0.1) is 0 Å². The van der Waals surface area contributed by atoms with Crippen molar-refractivity contribution in [3.05, 3.63) is 63.7 Å². The normalized spacial score (nSPS) is 11.1. The summed E-state index contributed by atoms with van der Waals surface area (Å²) < 4.78 is 0. The Morgan fingerprint density at radius 1 is 1.17 bits per heavy atom. The van der Waals surface area contributed by atoms with Crippen molar-refractivity contribution in [1.29, 1.82) is 0 Å². The Labute approximate surface area is 134 Å². The Morgan fingerprint density at radius 3 is 2.35 bits per heavy atom. The first kappa shape index (κ1) is 16.5. The van der Waals surface area contributed by atoms with Crippen LogP contribution in [0.2, 0.25) is 0 Å². The second-order valence-corrected chi connectivity index (χ2v) is 5.96. The number of benzene rings is 2. The molecule has 0 aliphatic heterocycles. The van der Waals surface area contributed by atoms with Crippen molar-refractivity contribution in [3.8, 4) is 0 Å². The van der Waals surface area contributed by atoms with Crippen LogP contribution in [0.1, 0.15) is 25.0 Å². The molecule has 0 fully saturated rings. The van der Waals surface area contributed by atoms with Crippen molar-refractivity contribution in [3.63, 3.8) is 0 Å². The van der Waals surface area contributed by atoms with Gasteiger partial charge < -0.3 is 11.1 Å². The Morgan fingerprint density at radius 2 is 1.78 bits per heavy atom. The molecule has 0 saturated carbocycles. The second kappa shape index (κ2) is 6.08. The van der Waals surface area contributed by atoms with Crippen LogP contribution in [0.4, 0.5) is 17.1 Å². The maximum absolute atomic E-state index is 12.6. The molecule has 0 aromatic heterocycles. The molecule has 1 amide bonds. The van der Waals surface area contributed by atoms with Gasteiger partial charge in [0.1, 0.15) is 0 Å². The van der Waals surface area contributed by atoms with Gasteiger partial charge in [0.05, 0.1) is 10.3 Å². The number of amides is 1. The smallest absolute Gasteiger partial charge is 0.274 e. The van der Waals surface area contributed by atoms with Crippen molar-refractivity contribution in [2.45, 2.75) is 26.2 Å². The minimum atomic E-state index is -0.798. The van der Waals surface area contributed by atoms with Gasteiger partial charge in [0.2, 0.25) is 5.91 Å². The predicted molar refractivity (Wildman–Crippen MR) is 90.3 cm³/mol. The van der Waals surface area contributed by atoms with Gasteiger partial charge in [0, 0.05) is 23.0 Å². The molecule has 120 valence electrons. The molecule has 0 spiro atoms. The third kappa shape index (κ3) is 3.48. The third-order valence-electron chi connectivity index (χ3n) is 3.86. The first-order valence-corrected chi connectivity index (χ1v) is 7.14. The summed E-state index contributed by atoms with van der Waals surface area (Å²) in [6.07, 6.45) is 0. The molecule has 0 heterocycles. The van der Waals surface area contributed by atoms with Crippen LogP contribution in [0.25, 0.3) is 0 Å². The summed E-state index contributed by atoms with van der Waals surface area (Å²) in [5, 5.41) is 13.7. The van der Waals surface area contributed by atoms with Crippen LogP contribution in [0, 0.1) is 17.0 Å². The fourth-order valence-electron chi connectivity index (χ4n) is 2.20. The Balaban J connectivity index is 2.26. The monoisotopic (exact) mass is 313 g/mol. The Hall–Kier alpha value is -2.89. The summed E-state index contributed by atoms with van der Waals surface area (Å²) in [6, 6.07) is 11.7. The van der Waals surface area contributed by atoms with Gasteiger partial charge in [-0.25, -0.2) is 0 Å². The summed E-state index contributed by atoms with van der Waals surface area (Å²) in [6.45, 7) is 5.23. The molecule has 2 rings (SSSR count). The van der Waals surface area contributed by atoms with Crippen molar-refractivity contribution < 1.29 is 9.72 Å². The van der Waals surface area contributed by atoms with E-state index in [2.05, 4.69) is 5.32 Å². The molecule has 23 heavy (non-hydrogen) atoms. The van der Waals surface area contributed by atoms with E-state index in [1.807, 2.05) is 0 Å². The minimum Gasteiger partial charge on any atom is -0.399 e. The third-order valence-corrected chi connectivity index (χ3v) is 3.86. The standard InChI is InChI=1S/C17H19N3O3/c1-11-4-9-14(10-15(11)20(22)23)19-16(21)17(2,3)12-5-7-13(18)8-6-12/h4-10H,18H2,1-3H3,(H,19,21). The molecule has 0 atom stereocenters. The van der Waals surface area contributed by atoms with Gasteiger partial charge in [0.25, 0.3) is 5.69 Å². The average Bonchev–Trinajstić information content (AvgIpc) is 2.49. The predicted octanol–water partition coefficient (Wildman–Crippen LogP) is 3.40. The van der Waals surface area contributed by atoms with E-state index in [0.29, 0.717) is 16.9 Å². The van der Waals surface area contributed by atoms with E-state index in [4.69, 9.17) is 5.73 Å². The maximum atomic E-state index is 12.6. The maximum Gasteiger partial charge on any atom is 0.274 e. The van der Waals surface area contributed by atoms with Crippen molar-refractivity contribution in [1.82, 2.24) is 0 Å². The van der Waals surface area contributed by atoms with E-state index in [1.54, 1.807) is 57.2 Å². The van der Waals surface area contributed by atoms with Crippen molar-refractivity contribution >= 4 is 23.0 Å². The molecule has 0 unspecified atom stereocenters. The number of nitrogens with two attached hydrogens (primary N) is 1. The molecule has 2 aromatic rings. The van der Waals surface area contributed by atoms with Crippen LogP contribution in [-0.4, -0.2) is 10.8 Å². The number of carbonyl (C=O) groups is 1. The number of aryl methyl sites for hydroxylation is 1. The van der Waals surface area contributed by atoms with Gasteiger partial charge in [-0.1, -0.05) is 18.2 Å². The molecular formula is C17H19N3O3. The lowest BCUT2D eigenvalue weighted by Gasteiger charge is -2.24. The molecule has 6 nitrogen and oxygen atoms in total. The second-order valence-electron chi connectivity index (χ2n) is 5.96. The first-order chi connectivity index (χ1) is 10.7. The van der Waals surface area contributed by atoms with E-state index in [-0.39, 0.29) is 11.6 Å². The fraction of sp³-hybridized carbons (Fsp3) is 0.235. The highest BCUT2D eigenvalue weighted by molar-refractivity contribution is 5.98. The highest BCUT2D eigenvalue weighted by atomic mass is 16.6. The van der Waals surface area contributed by atoms with E-state index in [0.717, 1.165) is 5.56 Å². The zero-order valence-corrected chi connectivity index (χ0v) is 13.3. The number of nitrogens with one attached hydrogen (secondary N) is 1. The molecule has 2 aromatic carbocycles. The first-order valence-electron chi connectivity index (χ1n) is 7.14. The lowest BCUT2D eigenvalue weighted by atomic mass is 9.83. The molecule has 0 bridgehead atoms. The van der Waals surface area contributed by atoms with Crippen LogP contribution in [0.5, 0.6) is 0 Å². The number of hydrogen-bond donors (Lipinski definition) is 2. The molecule has 6 heteroatoms. The molecule has 0 saturated heterocycles. The quantitative estimate of drug-likeness (QED) is 0.513. The zero-order valence-electron chi connectivity index (χ0n) is 13.3. The molecular weight excluding hydrogens is 294 g/mol. The lowest BCUT2D eigenvalue weighted by molar-refractivity contribution is -0.385. The van der Waals surface area contributed by atoms with E-state index >= 15 is 0 Å². The molecule has 0 aliphatic rings.